The van der Waals surface area contributed by atoms with Crippen LogP contribution in [0.4, 0.5) is 5.69 Å². The van der Waals surface area contributed by atoms with Crippen molar-refractivity contribution in [1.29, 1.82) is 0 Å². The second kappa shape index (κ2) is 6.96. The first-order valence-corrected chi connectivity index (χ1v) is 9.60. The topological polar surface area (TPSA) is 55.2 Å². The molecule has 1 aromatic heterocycles. The third-order valence-electron chi connectivity index (χ3n) is 4.68. The summed E-state index contributed by atoms with van der Waals surface area (Å²) < 4.78 is 1.56. The molecular weight excluding hydrogens is 346 g/mol. The van der Waals surface area contributed by atoms with E-state index in [0.717, 1.165) is 18.7 Å². The summed E-state index contributed by atoms with van der Waals surface area (Å²) in [5.74, 6) is 0.712. The normalized spacial score (nSPS) is 13.2. The Morgan fingerprint density at radius 1 is 1.15 bits per heavy atom. The van der Waals surface area contributed by atoms with E-state index in [2.05, 4.69) is 11.1 Å². The monoisotopic (exact) mass is 365 g/mol. The Balaban J connectivity index is 1.46. The highest BCUT2D eigenvalue weighted by Crippen LogP contribution is 2.28. The van der Waals surface area contributed by atoms with Crippen LogP contribution in [0.1, 0.15) is 12.0 Å². The molecule has 0 N–H and O–H groups in total. The molecule has 2 aromatic carbocycles. The Morgan fingerprint density at radius 3 is 2.81 bits per heavy atom. The van der Waals surface area contributed by atoms with Crippen molar-refractivity contribution in [3.63, 3.8) is 0 Å². The number of rotatable bonds is 4. The van der Waals surface area contributed by atoms with Gasteiger partial charge in [0, 0.05) is 31.5 Å². The first kappa shape index (κ1) is 16.8. The van der Waals surface area contributed by atoms with Gasteiger partial charge in [-0.25, -0.2) is 4.98 Å². The zero-order chi connectivity index (χ0) is 18.1. The van der Waals surface area contributed by atoms with Crippen molar-refractivity contribution in [2.45, 2.75) is 18.0 Å². The number of fused-ring (bicyclic) bond motifs is 2. The standard InChI is InChI=1S/C20H19N3O2S/c1-22-19(25)15-7-3-4-8-16(15)21-20(22)26-13-11-18(24)23-12-10-14-6-2-5-9-17(14)23/h2-9H,10-13H2,1H3. The molecule has 0 radical (unpaired) electrons. The zero-order valence-electron chi connectivity index (χ0n) is 14.5. The molecule has 0 unspecified atom stereocenters. The van der Waals surface area contributed by atoms with E-state index in [-0.39, 0.29) is 11.5 Å². The molecule has 0 aliphatic carbocycles. The van der Waals surface area contributed by atoms with E-state index in [0.29, 0.717) is 28.2 Å². The Kier molecular flexibility index (Phi) is 4.51. The SMILES string of the molecule is Cn1c(SCCC(=O)N2CCc3ccccc32)nc2ccccc2c1=O. The summed E-state index contributed by atoms with van der Waals surface area (Å²) in [5, 5.41) is 1.26. The molecule has 0 spiro atoms. The van der Waals surface area contributed by atoms with Crippen LogP contribution in [0.15, 0.2) is 58.5 Å². The quantitative estimate of drug-likeness (QED) is 0.527. The van der Waals surface area contributed by atoms with E-state index in [1.807, 2.05) is 41.3 Å². The molecule has 6 heteroatoms. The Labute approximate surface area is 155 Å². The number of anilines is 1. The lowest BCUT2D eigenvalue weighted by Crippen LogP contribution is -2.29. The molecular formula is C20H19N3O2S. The number of para-hydroxylation sites is 2. The summed E-state index contributed by atoms with van der Waals surface area (Å²) >= 11 is 1.45. The lowest BCUT2D eigenvalue weighted by Gasteiger charge is -2.17. The van der Waals surface area contributed by atoms with Crippen LogP contribution < -0.4 is 10.5 Å². The van der Waals surface area contributed by atoms with E-state index in [9.17, 15) is 9.59 Å². The second-order valence-corrected chi connectivity index (χ2v) is 7.36. The smallest absolute Gasteiger partial charge is 0.261 e. The van der Waals surface area contributed by atoms with E-state index >= 15 is 0 Å². The lowest BCUT2D eigenvalue weighted by molar-refractivity contribution is -0.118. The van der Waals surface area contributed by atoms with E-state index < -0.39 is 0 Å². The Morgan fingerprint density at radius 2 is 1.92 bits per heavy atom. The van der Waals surface area contributed by atoms with Gasteiger partial charge in [0.25, 0.3) is 5.56 Å². The predicted octanol–water partition coefficient (Wildman–Crippen LogP) is 3.01. The summed E-state index contributed by atoms with van der Waals surface area (Å²) in [4.78, 5) is 31.4. The number of benzene rings is 2. The number of carbonyl (C=O) groups is 1. The maximum Gasteiger partial charge on any atom is 0.261 e. The summed E-state index contributed by atoms with van der Waals surface area (Å²) in [5.41, 5.74) is 2.89. The van der Waals surface area contributed by atoms with Gasteiger partial charge in [-0.15, -0.1) is 0 Å². The Hall–Kier alpha value is -2.60. The van der Waals surface area contributed by atoms with Crippen LogP contribution in [-0.2, 0) is 18.3 Å². The molecule has 1 amide bonds. The number of aromatic nitrogens is 2. The molecule has 5 nitrogen and oxygen atoms in total. The first-order valence-electron chi connectivity index (χ1n) is 8.62. The molecule has 2 heterocycles. The number of hydrogen-bond acceptors (Lipinski definition) is 4. The molecule has 1 aliphatic heterocycles. The number of thioether (sulfide) groups is 1. The van der Waals surface area contributed by atoms with Crippen molar-refractivity contribution in [1.82, 2.24) is 9.55 Å². The number of hydrogen-bond donors (Lipinski definition) is 0. The van der Waals surface area contributed by atoms with Crippen LogP contribution in [0.25, 0.3) is 10.9 Å². The molecule has 0 atom stereocenters. The van der Waals surface area contributed by atoms with Crippen molar-refractivity contribution in [2.24, 2.45) is 7.05 Å². The minimum Gasteiger partial charge on any atom is -0.312 e. The second-order valence-electron chi connectivity index (χ2n) is 6.30. The maximum absolute atomic E-state index is 12.6. The minimum absolute atomic E-state index is 0.0575. The zero-order valence-corrected chi connectivity index (χ0v) is 15.3. The molecule has 3 aromatic rings. The van der Waals surface area contributed by atoms with Crippen LogP contribution in [-0.4, -0.2) is 27.8 Å². The molecule has 1 aliphatic rings. The summed E-state index contributed by atoms with van der Waals surface area (Å²) in [6, 6.07) is 15.4. The van der Waals surface area contributed by atoms with Gasteiger partial charge >= 0.3 is 0 Å². The highest BCUT2D eigenvalue weighted by atomic mass is 32.2. The van der Waals surface area contributed by atoms with Crippen LogP contribution in [0.5, 0.6) is 0 Å². The number of nitrogens with zero attached hydrogens (tertiary/aromatic N) is 3. The minimum atomic E-state index is -0.0575. The molecule has 0 fully saturated rings. The maximum atomic E-state index is 12.6. The van der Waals surface area contributed by atoms with Gasteiger partial charge in [-0.1, -0.05) is 42.1 Å². The summed E-state index contributed by atoms with van der Waals surface area (Å²) in [6.07, 6.45) is 1.33. The van der Waals surface area contributed by atoms with Crippen molar-refractivity contribution in [2.75, 3.05) is 17.2 Å². The van der Waals surface area contributed by atoms with Gasteiger partial charge in [0.05, 0.1) is 10.9 Å². The van der Waals surface area contributed by atoms with Gasteiger partial charge < -0.3 is 4.90 Å². The summed E-state index contributed by atoms with van der Waals surface area (Å²) in [6.45, 7) is 0.746. The van der Waals surface area contributed by atoms with E-state index in [1.54, 1.807) is 17.7 Å². The van der Waals surface area contributed by atoms with Gasteiger partial charge in [0.15, 0.2) is 5.16 Å². The van der Waals surface area contributed by atoms with Crippen LogP contribution in [0.3, 0.4) is 0 Å². The van der Waals surface area contributed by atoms with Crippen LogP contribution >= 0.6 is 11.8 Å². The van der Waals surface area contributed by atoms with E-state index in [4.69, 9.17) is 0 Å². The first-order chi connectivity index (χ1) is 12.6. The van der Waals surface area contributed by atoms with Gasteiger partial charge in [-0.05, 0) is 30.2 Å². The molecule has 0 bridgehead atoms. The van der Waals surface area contributed by atoms with Gasteiger partial charge in [0.1, 0.15) is 0 Å². The molecule has 0 saturated heterocycles. The number of carbonyl (C=O) groups excluding carboxylic acids is 1. The number of amides is 1. The van der Waals surface area contributed by atoms with Crippen LogP contribution in [0, 0.1) is 0 Å². The molecule has 0 saturated carbocycles. The fourth-order valence-electron chi connectivity index (χ4n) is 3.29. The largest absolute Gasteiger partial charge is 0.312 e. The highest BCUT2D eigenvalue weighted by Gasteiger charge is 2.23. The third-order valence-corrected chi connectivity index (χ3v) is 5.71. The van der Waals surface area contributed by atoms with Gasteiger partial charge in [-0.3, -0.25) is 14.2 Å². The molecule has 26 heavy (non-hydrogen) atoms. The predicted molar refractivity (Wildman–Crippen MR) is 105 cm³/mol. The van der Waals surface area contributed by atoms with Gasteiger partial charge in [-0.2, -0.15) is 0 Å². The average Bonchev–Trinajstić information content (AvgIpc) is 3.10. The highest BCUT2D eigenvalue weighted by molar-refractivity contribution is 7.99. The van der Waals surface area contributed by atoms with Crippen molar-refractivity contribution in [3.05, 3.63) is 64.4 Å². The third kappa shape index (κ3) is 3.01. The fraction of sp³-hybridized carbons (Fsp3) is 0.250. The fourth-order valence-corrected chi connectivity index (χ4v) is 4.19. The molecule has 4 rings (SSSR count). The van der Waals surface area contributed by atoms with E-state index in [1.165, 1.54) is 17.3 Å². The summed E-state index contributed by atoms with van der Waals surface area (Å²) in [7, 11) is 1.72. The Bertz CT molecular complexity index is 1040. The van der Waals surface area contributed by atoms with Crippen LogP contribution in [0.2, 0.25) is 0 Å². The van der Waals surface area contributed by atoms with Gasteiger partial charge in [0.2, 0.25) is 5.91 Å². The average molecular weight is 365 g/mol. The van der Waals surface area contributed by atoms with Crippen molar-refractivity contribution < 1.29 is 4.79 Å². The lowest BCUT2D eigenvalue weighted by atomic mass is 10.2. The van der Waals surface area contributed by atoms with Crippen molar-refractivity contribution >= 4 is 34.3 Å². The molecule has 132 valence electrons. The van der Waals surface area contributed by atoms with Crippen molar-refractivity contribution in [3.8, 4) is 0 Å².